The molecule has 0 aliphatic carbocycles. The van der Waals surface area contributed by atoms with E-state index < -0.39 is 10.8 Å². The van der Waals surface area contributed by atoms with Crippen LogP contribution in [0.3, 0.4) is 0 Å². The summed E-state index contributed by atoms with van der Waals surface area (Å²) in [4.78, 5) is 4.64. The van der Waals surface area contributed by atoms with Crippen LogP contribution in [0.1, 0.15) is 37.0 Å². The average molecular weight is 331 g/mol. The van der Waals surface area contributed by atoms with Gasteiger partial charge in [0.15, 0.2) is 0 Å². The molecule has 0 amide bonds. The van der Waals surface area contributed by atoms with E-state index in [1.807, 2.05) is 25.1 Å². The number of alkyl halides is 1. The highest BCUT2D eigenvalue weighted by Crippen LogP contribution is 2.33. The predicted octanol–water partition coefficient (Wildman–Crippen LogP) is 4.07. The van der Waals surface area contributed by atoms with Crippen molar-refractivity contribution >= 4 is 45.0 Å². The molecule has 1 aromatic heterocycles. The molecular formula is C14H16Cl2N2OS. The van der Waals surface area contributed by atoms with Crippen LogP contribution in [0.15, 0.2) is 18.2 Å². The molecule has 1 fully saturated rings. The molecule has 0 N–H and O–H groups in total. The lowest BCUT2D eigenvalue weighted by Gasteiger charge is -2.25. The van der Waals surface area contributed by atoms with Crippen molar-refractivity contribution in [2.75, 3.05) is 11.5 Å². The SMILES string of the molecule is CC(Cl)c1nc2ccc(Cl)cc2n1C1CCS(=O)CC1. The zero-order chi connectivity index (χ0) is 14.3. The van der Waals surface area contributed by atoms with Crippen molar-refractivity contribution in [3.05, 3.63) is 29.0 Å². The lowest BCUT2D eigenvalue weighted by atomic mass is 10.1. The van der Waals surface area contributed by atoms with E-state index in [0.717, 1.165) is 41.2 Å². The minimum Gasteiger partial charge on any atom is -0.324 e. The van der Waals surface area contributed by atoms with Gasteiger partial charge in [-0.2, -0.15) is 0 Å². The van der Waals surface area contributed by atoms with Crippen molar-refractivity contribution in [3.63, 3.8) is 0 Å². The second-order valence-corrected chi connectivity index (χ2v) is 7.96. The average Bonchev–Trinajstić information content (AvgIpc) is 2.78. The predicted molar refractivity (Wildman–Crippen MR) is 85.2 cm³/mol. The summed E-state index contributed by atoms with van der Waals surface area (Å²) < 4.78 is 13.8. The molecule has 0 spiro atoms. The first-order valence-corrected chi connectivity index (χ1v) is 9.03. The third-order valence-corrected chi connectivity index (χ3v) is 5.57. The largest absolute Gasteiger partial charge is 0.324 e. The zero-order valence-electron chi connectivity index (χ0n) is 11.2. The van der Waals surface area contributed by atoms with Crippen molar-refractivity contribution in [1.29, 1.82) is 0 Å². The van der Waals surface area contributed by atoms with Gasteiger partial charge in [0.1, 0.15) is 5.82 Å². The summed E-state index contributed by atoms with van der Waals surface area (Å²) in [6.45, 7) is 1.93. The van der Waals surface area contributed by atoms with Gasteiger partial charge < -0.3 is 4.57 Å². The molecule has 20 heavy (non-hydrogen) atoms. The maximum absolute atomic E-state index is 11.6. The lowest BCUT2D eigenvalue weighted by molar-refractivity contribution is 0.457. The first-order chi connectivity index (χ1) is 9.56. The summed E-state index contributed by atoms with van der Waals surface area (Å²) in [7, 11) is -0.671. The number of imidazole rings is 1. The van der Waals surface area contributed by atoms with Crippen molar-refractivity contribution in [1.82, 2.24) is 9.55 Å². The quantitative estimate of drug-likeness (QED) is 0.778. The summed E-state index contributed by atoms with van der Waals surface area (Å²) in [5.74, 6) is 2.38. The van der Waals surface area contributed by atoms with Gasteiger partial charge in [0, 0.05) is 33.4 Å². The summed E-state index contributed by atoms with van der Waals surface area (Å²) in [5.41, 5.74) is 1.95. The van der Waals surface area contributed by atoms with Gasteiger partial charge >= 0.3 is 0 Å². The maximum atomic E-state index is 11.6. The van der Waals surface area contributed by atoms with Crippen molar-refractivity contribution in [3.8, 4) is 0 Å². The van der Waals surface area contributed by atoms with Crippen LogP contribution in [0.25, 0.3) is 11.0 Å². The van der Waals surface area contributed by atoms with Crippen molar-refractivity contribution < 1.29 is 4.21 Å². The van der Waals surface area contributed by atoms with E-state index in [4.69, 9.17) is 23.2 Å². The molecule has 108 valence electrons. The van der Waals surface area contributed by atoms with E-state index in [1.165, 1.54) is 0 Å². The number of fused-ring (bicyclic) bond motifs is 1. The van der Waals surface area contributed by atoms with Crippen LogP contribution in [0.5, 0.6) is 0 Å². The number of hydrogen-bond donors (Lipinski definition) is 0. The fraction of sp³-hybridized carbons (Fsp3) is 0.500. The highest BCUT2D eigenvalue weighted by atomic mass is 35.5. The van der Waals surface area contributed by atoms with Gasteiger partial charge in [-0.25, -0.2) is 4.98 Å². The molecular weight excluding hydrogens is 315 g/mol. The molecule has 2 aromatic rings. The Bertz CT molecular complexity index is 658. The van der Waals surface area contributed by atoms with Gasteiger partial charge in [-0.15, -0.1) is 11.6 Å². The standard InChI is InChI=1S/C14H16Cl2N2OS/c1-9(15)14-17-12-3-2-10(16)8-13(12)18(14)11-4-6-20(19)7-5-11/h2-3,8-9,11H,4-7H2,1H3. The topological polar surface area (TPSA) is 34.9 Å². The molecule has 1 saturated heterocycles. The van der Waals surface area contributed by atoms with Crippen molar-refractivity contribution in [2.45, 2.75) is 31.2 Å². The van der Waals surface area contributed by atoms with E-state index in [0.29, 0.717) is 11.1 Å². The van der Waals surface area contributed by atoms with Crippen LogP contribution >= 0.6 is 23.2 Å². The van der Waals surface area contributed by atoms with Gasteiger partial charge in [-0.05, 0) is 38.0 Å². The number of aromatic nitrogens is 2. The molecule has 1 atom stereocenters. The highest BCUT2D eigenvalue weighted by Gasteiger charge is 2.25. The molecule has 0 saturated carbocycles. The summed E-state index contributed by atoms with van der Waals surface area (Å²) in [6, 6.07) is 6.03. The summed E-state index contributed by atoms with van der Waals surface area (Å²) in [5, 5.41) is 0.542. The van der Waals surface area contributed by atoms with Crippen LogP contribution < -0.4 is 0 Å². The molecule has 6 heteroatoms. The number of rotatable bonds is 2. The number of hydrogen-bond acceptors (Lipinski definition) is 2. The van der Waals surface area contributed by atoms with E-state index in [9.17, 15) is 4.21 Å². The Kier molecular flexibility index (Phi) is 4.07. The van der Waals surface area contributed by atoms with Crippen molar-refractivity contribution in [2.24, 2.45) is 0 Å². The van der Waals surface area contributed by atoms with Gasteiger partial charge in [0.05, 0.1) is 16.4 Å². The van der Waals surface area contributed by atoms with Gasteiger partial charge in [-0.3, -0.25) is 4.21 Å². The minimum absolute atomic E-state index is 0.159. The smallest absolute Gasteiger partial charge is 0.127 e. The van der Waals surface area contributed by atoms with E-state index in [2.05, 4.69) is 9.55 Å². The third kappa shape index (κ3) is 2.61. The van der Waals surface area contributed by atoms with Gasteiger partial charge in [-0.1, -0.05) is 11.6 Å². The third-order valence-electron chi connectivity index (χ3n) is 3.76. The summed E-state index contributed by atoms with van der Waals surface area (Å²) >= 11 is 12.4. The fourth-order valence-electron chi connectivity index (χ4n) is 2.79. The molecule has 1 aromatic carbocycles. The second-order valence-electron chi connectivity index (χ2n) is 5.17. The summed E-state index contributed by atoms with van der Waals surface area (Å²) in [6.07, 6.45) is 1.81. The lowest BCUT2D eigenvalue weighted by Crippen LogP contribution is -2.23. The Balaban J connectivity index is 2.13. The van der Waals surface area contributed by atoms with Crippen LogP contribution in [0.4, 0.5) is 0 Å². The Hall–Kier alpha value is -0.580. The van der Waals surface area contributed by atoms with Crippen LogP contribution in [-0.4, -0.2) is 25.3 Å². The normalized spacial score (nSPS) is 24.9. The Morgan fingerprint density at radius 3 is 2.75 bits per heavy atom. The van der Waals surface area contributed by atoms with E-state index in [-0.39, 0.29) is 5.38 Å². The molecule has 3 nitrogen and oxygen atoms in total. The molecule has 1 aliphatic heterocycles. The van der Waals surface area contributed by atoms with Crippen LogP contribution in [0, 0.1) is 0 Å². The first kappa shape index (κ1) is 14.4. The second kappa shape index (κ2) is 5.66. The zero-order valence-corrected chi connectivity index (χ0v) is 13.5. The minimum atomic E-state index is -0.671. The molecule has 1 aliphatic rings. The Morgan fingerprint density at radius 2 is 2.10 bits per heavy atom. The monoisotopic (exact) mass is 330 g/mol. The molecule has 0 bridgehead atoms. The molecule has 3 rings (SSSR count). The van der Waals surface area contributed by atoms with E-state index in [1.54, 1.807) is 0 Å². The Labute approximate surface area is 130 Å². The van der Waals surface area contributed by atoms with E-state index >= 15 is 0 Å². The van der Waals surface area contributed by atoms with Crippen LogP contribution in [-0.2, 0) is 10.8 Å². The molecule has 2 heterocycles. The fourth-order valence-corrected chi connectivity index (χ4v) is 4.38. The van der Waals surface area contributed by atoms with Gasteiger partial charge in [0.25, 0.3) is 0 Å². The van der Waals surface area contributed by atoms with Gasteiger partial charge in [0.2, 0.25) is 0 Å². The Morgan fingerprint density at radius 1 is 1.40 bits per heavy atom. The molecule has 1 unspecified atom stereocenters. The number of halogens is 2. The highest BCUT2D eigenvalue weighted by molar-refractivity contribution is 7.85. The number of benzene rings is 1. The molecule has 0 radical (unpaired) electrons. The number of nitrogens with zero attached hydrogens (tertiary/aromatic N) is 2. The van der Waals surface area contributed by atoms with Crippen LogP contribution in [0.2, 0.25) is 5.02 Å². The maximum Gasteiger partial charge on any atom is 0.127 e. The first-order valence-electron chi connectivity index (χ1n) is 6.72.